The summed E-state index contributed by atoms with van der Waals surface area (Å²) in [5, 5.41) is 0. The van der Waals surface area contributed by atoms with E-state index in [0.29, 0.717) is 4.90 Å². The van der Waals surface area contributed by atoms with Crippen LogP contribution in [0.3, 0.4) is 0 Å². The molecular weight excluding hydrogens is 183 g/mol. The molecule has 13 heavy (non-hydrogen) atoms. The Morgan fingerprint density at radius 2 is 2.00 bits per heavy atom. The SMILES string of the molecule is CC1(C)C=CN(CC(F)(F)F)C1=O. The lowest BCUT2D eigenvalue weighted by Gasteiger charge is -2.20. The van der Waals surface area contributed by atoms with E-state index in [0.717, 1.165) is 0 Å². The van der Waals surface area contributed by atoms with E-state index in [1.165, 1.54) is 12.3 Å². The van der Waals surface area contributed by atoms with Crippen molar-refractivity contribution in [1.29, 1.82) is 0 Å². The lowest BCUT2D eigenvalue weighted by molar-refractivity contribution is -0.157. The molecule has 0 aromatic carbocycles. The van der Waals surface area contributed by atoms with Crippen LogP contribution in [0.5, 0.6) is 0 Å². The van der Waals surface area contributed by atoms with E-state index in [9.17, 15) is 18.0 Å². The molecule has 0 radical (unpaired) electrons. The smallest absolute Gasteiger partial charge is 0.310 e. The number of amides is 1. The van der Waals surface area contributed by atoms with Crippen LogP contribution in [-0.2, 0) is 4.79 Å². The second-order valence-corrected chi connectivity index (χ2v) is 3.59. The molecule has 0 aliphatic carbocycles. The van der Waals surface area contributed by atoms with Crippen LogP contribution in [0, 0.1) is 5.41 Å². The minimum atomic E-state index is -4.33. The molecule has 1 amide bonds. The molecule has 0 aromatic heterocycles. The van der Waals surface area contributed by atoms with Crippen molar-refractivity contribution in [3.05, 3.63) is 12.3 Å². The van der Waals surface area contributed by atoms with E-state index in [1.807, 2.05) is 0 Å². The summed E-state index contributed by atoms with van der Waals surface area (Å²) in [7, 11) is 0. The Bertz CT molecular complexity index is 255. The Labute approximate surface area is 74.0 Å². The van der Waals surface area contributed by atoms with Gasteiger partial charge in [-0.05, 0) is 13.8 Å². The van der Waals surface area contributed by atoms with E-state index in [2.05, 4.69) is 0 Å². The average molecular weight is 193 g/mol. The zero-order valence-electron chi connectivity index (χ0n) is 7.35. The van der Waals surface area contributed by atoms with Crippen molar-refractivity contribution in [1.82, 2.24) is 4.90 Å². The van der Waals surface area contributed by atoms with Gasteiger partial charge in [-0.3, -0.25) is 4.79 Å². The molecule has 74 valence electrons. The maximum absolute atomic E-state index is 11.9. The predicted octanol–water partition coefficient (Wildman–Crippen LogP) is 1.93. The van der Waals surface area contributed by atoms with Crippen molar-refractivity contribution in [3.63, 3.8) is 0 Å². The summed E-state index contributed by atoms with van der Waals surface area (Å²) in [4.78, 5) is 12.0. The summed E-state index contributed by atoms with van der Waals surface area (Å²) in [6, 6.07) is 0. The van der Waals surface area contributed by atoms with Gasteiger partial charge in [-0.2, -0.15) is 13.2 Å². The molecule has 1 rings (SSSR count). The van der Waals surface area contributed by atoms with Gasteiger partial charge in [0.2, 0.25) is 5.91 Å². The Balaban J connectivity index is 2.68. The third-order valence-electron chi connectivity index (χ3n) is 1.83. The first-order valence-electron chi connectivity index (χ1n) is 3.79. The average Bonchev–Trinajstić information content (AvgIpc) is 2.13. The molecule has 0 saturated heterocycles. The molecule has 0 bridgehead atoms. The Kier molecular flexibility index (Phi) is 2.13. The van der Waals surface area contributed by atoms with Crippen molar-refractivity contribution in [2.24, 2.45) is 5.41 Å². The fraction of sp³-hybridized carbons (Fsp3) is 0.625. The van der Waals surface area contributed by atoms with Gasteiger partial charge in [0.05, 0.1) is 5.41 Å². The number of carbonyl (C=O) groups excluding carboxylic acids is 1. The van der Waals surface area contributed by atoms with Gasteiger partial charge >= 0.3 is 6.18 Å². The van der Waals surface area contributed by atoms with Gasteiger partial charge in [0.1, 0.15) is 6.54 Å². The van der Waals surface area contributed by atoms with Crippen LogP contribution in [0.15, 0.2) is 12.3 Å². The van der Waals surface area contributed by atoms with Crippen LogP contribution in [0.4, 0.5) is 13.2 Å². The molecule has 0 unspecified atom stereocenters. The molecule has 0 N–H and O–H groups in total. The summed E-state index contributed by atoms with van der Waals surface area (Å²) < 4.78 is 35.7. The number of carbonyl (C=O) groups is 1. The van der Waals surface area contributed by atoms with Crippen LogP contribution in [-0.4, -0.2) is 23.5 Å². The predicted molar refractivity (Wildman–Crippen MR) is 40.7 cm³/mol. The van der Waals surface area contributed by atoms with E-state index in [1.54, 1.807) is 13.8 Å². The molecule has 5 heteroatoms. The molecular formula is C8H10F3NO. The summed E-state index contributed by atoms with van der Waals surface area (Å²) in [5.41, 5.74) is -0.800. The van der Waals surface area contributed by atoms with Crippen LogP contribution in [0.2, 0.25) is 0 Å². The van der Waals surface area contributed by atoms with Crippen LogP contribution in [0.25, 0.3) is 0 Å². The minimum absolute atomic E-state index is 0.509. The fourth-order valence-electron chi connectivity index (χ4n) is 1.10. The molecule has 0 fully saturated rings. The third kappa shape index (κ3) is 2.23. The molecule has 1 heterocycles. The van der Waals surface area contributed by atoms with Crippen molar-refractivity contribution < 1.29 is 18.0 Å². The van der Waals surface area contributed by atoms with Gasteiger partial charge in [0, 0.05) is 6.20 Å². The van der Waals surface area contributed by atoms with Gasteiger partial charge in [0.25, 0.3) is 0 Å². The molecule has 0 spiro atoms. The standard InChI is InChI=1S/C8H10F3NO/c1-7(2)3-4-12(6(7)13)5-8(9,10)11/h3-4H,5H2,1-2H3. The molecule has 0 saturated carbocycles. The van der Waals surface area contributed by atoms with E-state index in [4.69, 9.17) is 0 Å². The van der Waals surface area contributed by atoms with Crippen LogP contribution in [0.1, 0.15) is 13.8 Å². The topological polar surface area (TPSA) is 20.3 Å². The van der Waals surface area contributed by atoms with Crippen molar-refractivity contribution in [2.45, 2.75) is 20.0 Å². The lowest BCUT2D eigenvalue weighted by atomic mass is 9.95. The van der Waals surface area contributed by atoms with Gasteiger partial charge in [0.15, 0.2) is 0 Å². The quantitative estimate of drug-likeness (QED) is 0.623. The molecule has 0 atom stereocenters. The maximum atomic E-state index is 11.9. The fourth-order valence-corrected chi connectivity index (χ4v) is 1.10. The lowest BCUT2D eigenvalue weighted by Crippen LogP contribution is -2.37. The minimum Gasteiger partial charge on any atom is -0.310 e. The first-order valence-corrected chi connectivity index (χ1v) is 3.79. The Morgan fingerprint density at radius 3 is 2.31 bits per heavy atom. The van der Waals surface area contributed by atoms with E-state index >= 15 is 0 Å². The Morgan fingerprint density at radius 1 is 1.46 bits per heavy atom. The highest BCUT2D eigenvalue weighted by molar-refractivity contribution is 5.87. The van der Waals surface area contributed by atoms with Crippen molar-refractivity contribution >= 4 is 5.91 Å². The maximum Gasteiger partial charge on any atom is 0.406 e. The number of alkyl halides is 3. The second kappa shape index (κ2) is 2.75. The second-order valence-electron chi connectivity index (χ2n) is 3.59. The molecule has 1 aliphatic rings. The first kappa shape index (κ1) is 10.1. The normalized spacial score (nSPS) is 21.3. The highest BCUT2D eigenvalue weighted by Crippen LogP contribution is 2.29. The zero-order valence-corrected chi connectivity index (χ0v) is 7.35. The van der Waals surface area contributed by atoms with Crippen LogP contribution < -0.4 is 0 Å². The zero-order chi connectivity index (χ0) is 10.3. The number of nitrogens with zero attached hydrogens (tertiary/aromatic N) is 1. The van der Waals surface area contributed by atoms with Gasteiger partial charge in [-0.15, -0.1) is 0 Å². The highest BCUT2D eigenvalue weighted by Gasteiger charge is 2.40. The monoisotopic (exact) mass is 193 g/mol. The van der Waals surface area contributed by atoms with Gasteiger partial charge in [-0.25, -0.2) is 0 Å². The van der Waals surface area contributed by atoms with Crippen LogP contribution >= 0.6 is 0 Å². The number of halogens is 3. The molecule has 1 aliphatic heterocycles. The number of hydrogen-bond donors (Lipinski definition) is 0. The summed E-state index contributed by atoms with van der Waals surface area (Å²) in [5.74, 6) is -0.509. The van der Waals surface area contributed by atoms with Crippen molar-refractivity contribution in [3.8, 4) is 0 Å². The molecule has 2 nitrogen and oxygen atoms in total. The number of rotatable bonds is 1. The largest absolute Gasteiger partial charge is 0.406 e. The third-order valence-corrected chi connectivity index (χ3v) is 1.83. The first-order chi connectivity index (χ1) is 5.72. The molecule has 0 aromatic rings. The summed E-state index contributed by atoms with van der Waals surface area (Å²) in [6.07, 6.45) is -1.67. The summed E-state index contributed by atoms with van der Waals surface area (Å²) in [6.45, 7) is 1.97. The van der Waals surface area contributed by atoms with E-state index < -0.39 is 24.0 Å². The summed E-state index contributed by atoms with van der Waals surface area (Å²) >= 11 is 0. The number of hydrogen-bond acceptors (Lipinski definition) is 1. The van der Waals surface area contributed by atoms with E-state index in [-0.39, 0.29) is 0 Å². The Hall–Kier alpha value is -1.00. The van der Waals surface area contributed by atoms with Gasteiger partial charge < -0.3 is 4.90 Å². The highest BCUT2D eigenvalue weighted by atomic mass is 19.4. The van der Waals surface area contributed by atoms with Crippen molar-refractivity contribution in [2.75, 3.05) is 6.54 Å². The van der Waals surface area contributed by atoms with Gasteiger partial charge in [-0.1, -0.05) is 6.08 Å².